The summed E-state index contributed by atoms with van der Waals surface area (Å²) in [6, 6.07) is 0.947. The Kier molecular flexibility index (Phi) is 4.46. The fourth-order valence-corrected chi connectivity index (χ4v) is 2.21. The highest BCUT2D eigenvalue weighted by atomic mass is 19.1. The molecule has 2 atom stereocenters. The predicted molar refractivity (Wildman–Crippen MR) is 68.9 cm³/mol. The van der Waals surface area contributed by atoms with E-state index in [4.69, 9.17) is 4.74 Å². The van der Waals surface area contributed by atoms with E-state index >= 15 is 0 Å². The maximum absolute atomic E-state index is 13.7. The first kappa shape index (κ1) is 15.3. The number of rotatable bonds is 4. The SMILES string of the molecule is CC1OCCC1CNC(=O)c1cc(F)c([N+](=O)[O-])cc1F. The van der Waals surface area contributed by atoms with Gasteiger partial charge in [0.1, 0.15) is 5.82 Å². The van der Waals surface area contributed by atoms with Gasteiger partial charge >= 0.3 is 5.69 Å². The molecule has 0 saturated carbocycles. The molecule has 1 saturated heterocycles. The molecule has 114 valence electrons. The van der Waals surface area contributed by atoms with E-state index in [1.165, 1.54) is 0 Å². The number of carbonyl (C=O) groups excluding carboxylic acids is 1. The van der Waals surface area contributed by atoms with Crippen molar-refractivity contribution in [2.45, 2.75) is 19.4 Å². The standard InChI is InChI=1S/C13H14F2N2O4/c1-7-8(2-3-21-7)6-16-13(18)9-4-11(15)12(17(19)20)5-10(9)14/h4-5,7-8H,2-3,6H2,1H3,(H,16,18). The van der Waals surface area contributed by atoms with Crippen molar-refractivity contribution in [3.05, 3.63) is 39.4 Å². The third kappa shape index (κ3) is 3.33. The Hall–Kier alpha value is -2.09. The summed E-state index contributed by atoms with van der Waals surface area (Å²) in [7, 11) is 0. The van der Waals surface area contributed by atoms with Crippen LogP contribution in [0.25, 0.3) is 0 Å². The largest absolute Gasteiger partial charge is 0.378 e. The zero-order valence-corrected chi connectivity index (χ0v) is 11.3. The molecule has 1 N–H and O–H groups in total. The number of nitro benzene ring substituents is 1. The lowest BCUT2D eigenvalue weighted by Crippen LogP contribution is -2.32. The van der Waals surface area contributed by atoms with Crippen LogP contribution in [-0.2, 0) is 4.74 Å². The molecular formula is C13H14F2N2O4. The molecule has 1 heterocycles. The number of halogens is 2. The van der Waals surface area contributed by atoms with Crippen molar-refractivity contribution >= 4 is 11.6 Å². The van der Waals surface area contributed by atoms with Crippen LogP contribution < -0.4 is 5.32 Å². The molecule has 1 aliphatic rings. The van der Waals surface area contributed by atoms with Gasteiger partial charge in [0, 0.05) is 19.1 Å². The van der Waals surface area contributed by atoms with Crippen molar-refractivity contribution in [3.8, 4) is 0 Å². The molecule has 1 amide bonds. The van der Waals surface area contributed by atoms with Crippen molar-refractivity contribution in [3.63, 3.8) is 0 Å². The molecule has 1 fully saturated rings. The fraction of sp³-hybridized carbons (Fsp3) is 0.462. The first-order chi connectivity index (χ1) is 9.90. The van der Waals surface area contributed by atoms with Crippen LogP contribution >= 0.6 is 0 Å². The molecular weight excluding hydrogens is 286 g/mol. The topological polar surface area (TPSA) is 81.5 Å². The predicted octanol–water partition coefficient (Wildman–Crippen LogP) is 2.03. The van der Waals surface area contributed by atoms with Gasteiger partial charge < -0.3 is 10.1 Å². The van der Waals surface area contributed by atoms with Crippen LogP contribution in [0.15, 0.2) is 12.1 Å². The average molecular weight is 300 g/mol. The highest BCUT2D eigenvalue weighted by Crippen LogP contribution is 2.22. The van der Waals surface area contributed by atoms with Gasteiger partial charge in [0.15, 0.2) is 0 Å². The number of carbonyl (C=O) groups is 1. The quantitative estimate of drug-likeness (QED) is 0.681. The molecule has 2 unspecified atom stereocenters. The van der Waals surface area contributed by atoms with Crippen LogP contribution in [0.2, 0.25) is 0 Å². The molecule has 21 heavy (non-hydrogen) atoms. The number of nitrogens with zero attached hydrogens (tertiary/aromatic N) is 1. The summed E-state index contributed by atoms with van der Waals surface area (Å²) < 4.78 is 32.4. The van der Waals surface area contributed by atoms with E-state index in [-0.39, 0.29) is 18.6 Å². The first-order valence-electron chi connectivity index (χ1n) is 6.43. The van der Waals surface area contributed by atoms with Crippen molar-refractivity contribution < 1.29 is 23.2 Å². The van der Waals surface area contributed by atoms with E-state index in [9.17, 15) is 23.7 Å². The number of ether oxygens (including phenoxy) is 1. The number of amides is 1. The normalized spacial score (nSPS) is 21.3. The minimum absolute atomic E-state index is 0.0104. The minimum Gasteiger partial charge on any atom is -0.378 e. The van der Waals surface area contributed by atoms with Gasteiger partial charge in [0.2, 0.25) is 5.82 Å². The minimum atomic E-state index is -1.25. The van der Waals surface area contributed by atoms with Crippen LogP contribution in [0.5, 0.6) is 0 Å². The number of nitrogens with one attached hydrogen (secondary N) is 1. The molecule has 1 aliphatic heterocycles. The lowest BCUT2D eigenvalue weighted by molar-refractivity contribution is -0.387. The summed E-state index contributed by atoms with van der Waals surface area (Å²) in [4.78, 5) is 21.3. The van der Waals surface area contributed by atoms with Gasteiger partial charge in [0.25, 0.3) is 5.91 Å². The Morgan fingerprint density at radius 2 is 2.19 bits per heavy atom. The molecule has 0 bridgehead atoms. The molecule has 0 aliphatic carbocycles. The third-order valence-corrected chi connectivity index (χ3v) is 3.54. The Labute approximate surface area is 119 Å². The Morgan fingerprint density at radius 1 is 1.48 bits per heavy atom. The fourth-order valence-electron chi connectivity index (χ4n) is 2.21. The summed E-state index contributed by atoms with van der Waals surface area (Å²) in [6.45, 7) is 2.75. The molecule has 8 heteroatoms. The smallest absolute Gasteiger partial charge is 0.307 e. The summed E-state index contributed by atoms with van der Waals surface area (Å²) in [5.41, 5.74) is -1.55. The van der Waals surface area contributed by atoms with Crippen molar-refractivity contribution in [2.24, 2.45) is 5.92 Å². The lowest BCUT2D eigenvalue weighted by Gasteiger charge is -2.14. The zero-order valence-electron chi connectivity index (χ0n) is 11.3. The van der Waals surface area contributed by atoms with Gasteiger partial charge in [-0.05, 0) is 19.4 Å². The molecule has 1 aromatic carbocycles. The van der Waals surface area contributed by atoms with E-state index in [1.54, 1.807) is 0 Å². The summed E-state index contributed by atoms with van der Waals surface area (Å²) in [6.07, 6.45) is 0.766. The number of hydrogen-bond donors (Lipinski definition) is 1. The van der Waals surface area contributed by atoms with Crippen molar-refractivity contribution in [1.82, 2.24) is 5.32 Å². The highest BCUT2D eigenvalue weighted by Gasteiger charge is 2.26. The Balaban J connectivity index is 2.09. The number of hydrogen-bond acceptors (Lipinski definition) is 4. The Morgan fingerprint density at radius 3 is 2.76 bits per heavy atom. The first-order valence-corrected chi connectivity index (χ1v) is 6.43. The Bertz CT molecular complexity index is 580. The average Bonchev–Trinajstić information content (AvgIpc) is 2.83. The van der Waals surface area contributed by atoms with Crippen LogP contribution in [0, 0.1) is 27.7 Å². The van der Waals surface area contributed by atoms with Crippen LogP contribution in [0.3, 0.4) is 0 Å². The zero-order chi connectivity index (χ0) is 15.6. The maximum atomic E-state index is 13.7. The summed E-state index contributed by atoms with van der Waals surface area (Å²) in [5.74, 6) is -3.07. The molecule has 0 aromatic heterocycles. The van der Waals surface area contributed by atoms with E-state index in [2.05, 4.69) is 5.32 Å². The van der Waals surface area contributed by atoms with E-state index in [1.807, 2.05) is 6.92 Å². The van der Waals surface area contributed by atoms with E-state index < -0.39 is 33.7 Å². The van der Waals surface area contributed by atoms with Crippen LogP contribution in [0.4, 0.5) is 14.5 Å². The van der Waals surface area contributed by atoms with Gasteiger partial charge in [0.05, 0.1) is 22.7 Å². The van der Waals surface area contributed by atoms with Gasteiger partial charge in [-0.3, -0.25) is 14.9 Å². The van der Waals surface area contributed by atoms with E-state index in [0.717, 1.165) is 6.42 Å². The van der Waals surface area contributed by atoms with Gasteiger partial charge in [-0.25, -0.2) is 4.39 Å². The van der Waals surface area contributed by atoms with E-state index in [0.29, 0.717) is 18.7 Å². The van der Waals surface area contributed by atoms with Gasteiger partial charge in [-0.1, -0.05) is 0 Å². The molecule has 0 radical (unpaired) electrons. The van der Waals surface area contributed by atoms with Gasteiger partial charge in [-0.2, -0.15) is 4.39 Å². The number of nitro groups is 1. The number of benzene rings is 1. The van der Waals surface area contributed by atoms with Gasteiger partial charge in [-0.15, -0.1) is 0 Å². The molecule has 0 spiro atoms. The summed E-state index contributed by atoms with van der Waals surface area (Å²) >= 11 is 0. The van der Waals surface area contributed by atoms with Crippen molar-refractivity contribution in [1.29, 1.82) is 0 Å². The second-order valence-electron chi connectivity index (χ2n) is 4.88. The second-order valence-corrected chi connectivity index (χ2v) is 4.88. The van der Waals surface area contributed by atoms with Crippen LogP contribution in [0.1, 0.15) is 23.7 Å². The lowest BCUT2D eigenvalue weighted by atomic mass is 10.0. The monoisotopic (exact) mass is 300 g/mol. The maximum Gasteiger partial charge on any atom is 0.307 e. The van der Waals surface area contributed by atoms with Crippen molar-refractivity contribution in [2.75, 3.05) is 13.2 Å². The molecule has 1 aromatic rings. The summed E-state index contributed by atoms with van der Waals surface area (Å²) in [5, 5.41) is 13.0. The highest BCUT2D eigenvalue weighted by molar-refractivity contribution is 5.94. The molecule has 6 nitrogen and oxygen atoms in total. The molecule has 2 rings (SSSR count). The van der Waals surface area contributed by atoms with Crippen LogP contribution in [-0.4, -0.2) is 30.1 Å². The third-order valence-electron chi connectivity index (χ3n) is 3.54. The second kappa shape index (κ2) is 6.13.